The lowest BCUT2D eigenvalue weighted by molar-refractivity contribution is -0.122. The standard InChI is InChI=1S/C26H25N3O5/c1-33-21-12-8-18(9-13-21)17-28(26(32)27-19-6-4-3-5-7-19)23-16-24(30)29(25(23)31)20-10-14-22(34-2)15-11-20/h3-15,23H,16-17H2,1-2H3,(H,27,32). The van der Waals surface area contributed by atoms with E-state index in [1.54, 1.807) is 74.9 Å². The summed E-state index contributed by atoms with van der Waals surface area (Å²) in [6.45, 7) is 0.142. The van der Waals surface area contributed by atoms with E-state index in [-0.39, 0.29) is 18.9 Å². The van der Waals surface area contributed by atoms with Crippen molar-refractivity contribution in [2.75, 3.05) is 24.4 Å². The van der Waals surface area contributed by atoms with Gasteiger partial charge in [0.15, 0.2) is 0 Å². The lowest BCUT2D eigenvalue weighted by atomic mass is 10.1. The molecule has 1 saturated heterocycles. The fourth-order valence-electron chi connectivity index (χ4n) is 3.83. The summed E-state index contributed by atoms with van der Waals surface area (Å²) in [6, 6.07) is 21.4. The van der Waals surface area contributed by atoms with Gasteiger partial charge in [-0.05, 0) is 54.1 Å². The lowest BCUT2D eigenvalue weighted by Crippen LogP contribution is -2.46. The zero-order valence-corrected chi connectivity index (χ0v) is 18.9. The van der Waals surface area contributed by atoms with Crippen LogP contribution in [-0.4, -0.2) is 43.0 Å². The zero-order valence-electron chi connectivity index (χ0n) is 18.9. The third-order valence-corrected chi connectivity index (χ3v) is 5.63. The lowest BCUT2D eigenvalue weighted by Gasteiger charge is -2.28. The maximum atomic E-state index is 13.4. The maximum absolute atomic E-state index is 13.4. The molecule has 0 aromatic heterocycles. The number of methoxy groups -OCH3 is 2. The number of rotatable bonds is 7. The van der Waals surface area contributed by atoms with E-state index < -0.39 is 18.0 Å². The van der Waals surface area contributed by atoms with Crippen molar-refractivity contribution in [3.63, 3.8) is 0 Å². The van der Waals surface area contributed by atoms with Gasteiger partial charge in [0.25, 0.3) is 5.91 Å². The average Bonchev–Trinajstić information content (AvgIpc) is 3.16. The van der Waals surface area contributed by atoms with Crippen LogP contribution in [0.25, 0.3) is 0 Å². The Morgan fingerprint density at radius 2 is 1.50 bits per heavy atom. The summed E-state index contributed by atoms with van der Waals surface area (Å²) in [7, 11) is 3.12. The van der Waals surface area contributed by atoms with Crippen molar-refractivity contribution in [2.24, 2.45) is 0 Å². The summed E-state index contributed by atoms with van der Waals surface area (Å²) in [5.41, 5.74) is 1.83. The second-order valence-corrected chi connectivity index (χ2v) is 7.76. The largest absolute Gasteiger partial charge is 0.497 e. The van der Waals surface area contributed by atoms with Gasteiger partial charge in [-0.15, -0.1) is 0 Å². The van der Waals surface area contributed by atoms with Crippen LogP contribution in [-0.2, 0) is 16.1 Å². The van der Waals surface area contributed by atoms with Crippen LogP contribution in [0, 0.1) is 0 Å². The number of nitrogens with one attached hydrogen (secondary N) is 1. The summed E-state index contributed by atoms with van der Waals surface area (Å²) in [5, 5.41) is 2.83. The Kier molecular flexibility index (Phi) is 6.77. The molecular weight excluding hydrogens is 434 g/mol. The van der Waals surface area contributed by atoms with Crippen molar-refractivity contribution >= 4 is 29.2 Å². The van der Waals surface area contributed by atoms with Gasteiger partial charge in [-0.2, -0.15) is 0 Å². The number of hydrogen-bond donors (Lipinski definition) is 1. The van der Waals surface area contributed by atoms with E-state index in [2.05, 4.69) is 5.32 Å². The van der Waals surface area contributed by atoms with E-state index in [0.29, 0.717) is 22.9 Å². The maximum Gasteiger partial charge on any atom is 0.322 e. The molecule has 0 bridgehead atoms. The molecule has 3 aromatic rings. The molecule has 1 atom stereocenters. The molecule has 0 saturated carbocycles. The van der Waals surface area contributed by atoms with E-state index in [9.17, 15) is 14.4 Å². The van der Waals surface area contributed by atoms with Crippen molar-refractivity contribution < 1.29 is 23.9 Å². The molecule has 1 aliphatic heterocycles. The number of hydrogen-bond acceptors (Lipinski definition) is 5. The number of urea groups is 1. The first kappa shape index (κ1) is 22.8. The van der Waals surface area contributed by atoms with Crippen molar-refractivity contribution in [1.82, 2.24) is 4.90 Å². The minimum absolute atomic E-state index is 0.108. The van der Waals surface area contributed by atoms with Gasteiger partial charge in [0.2, 0.25) is 5.91 Å². The van der Waals surface area contributed by atoms with Gasteiger partial charge in [0.05, 0.1) is 26.3 Å². The summed E-state index contributed by atoms with van der Waals surface area (Å²) >= 11 is 0. The van der Waals surface area contributed by atoms with Gasteiger partial charge in [-0.25, -0.2) is 9.69 Å². The smallest absolute Gasteiger partial charge is 0.322 e. The van der Waals surface area contributed by atoms with Gasteiger partial charge < -0.3 is 19.7 Å². The van der Waals surface area contributed by atoms with Crippen LogP contribution >= 0.6 is 0 Å². The highest BCUT2D eigenvalue weighted by Crippen LogP contribution is 2.29. The third kappa shape index (κ3) is 4.85. The summed E-state index contributed by atoms with van der Waals surface area (Å²) in [5.74, 6) is 0.476. The number of ether oxygens (including phenoxy) is 2. The Hall–Kier alpha value is -4.33. The van der Waals surface area contributed by atoms with E-state index in [1.807, 2.05) is 18.2 Å². The predicted octanol–water partition coefficient (Wildman–Crippen LogP) is 4.07. The summed E-state index contributed by atoms with van der Waals surface area (Å²) in [4.78, 5) is 42.1. The van der Waals surface area contributed by atoms with Gasteiger partial charge in [-0.3, -0.25) is 9.59 Å². The second kappa shape index (κ2) is 10.1. The van der Waals surface area contributed by atoms with Gasteiger partial charge in [-0.1, -0.05) is 30.3 Å². The molecule has 1 heterocycles. The molecule has 3 aromatic carbocycles. The summed E-state index contributed by atoms with van der Waals surface area (Å²) in [6.07, 6.45) is -0.108. The molecule has 8 nitrogen and oxygen atoms in total. The highest BCUT2D eigenvalue weighted by molar-refractivity contribution is 6.23. The van der Waals surface area contributed by atoms with Crippen LogP contribution in [0.2, 0.25) is 0 Å². The fourth-order valence-corrected chi connectivity index (χ4v) is 3.83. The number of imide groups is 1. The number of anilines is 2. The van der Waals surface area contributed by atoms with E-state index in [0.717, 1.165) is 10.5 Å². The van der Waals surface area contributed by atoms with Crippen LogP contribution in [0.1, 0.15) is 12.0 Å². The number of benzene rings is 3. The molecule has 1 fully saturated rings. The quantitative estimate of drug-likeness (QED) is 0.538. The highest BCUT2D eigenvalue weighted by Gasteiger charge is 2.44. The van der Waals surface area contributed by atoms with Crippen LogP contribution in [0.5, 0.6) is 11.5 Å². The van der Waals surface area contributed by atoms with E-state index in [1.165, 1.54) is 4.90 Å². The van der Waals surface area contributed by atoms with Crippen LogP contribution in [0.3, 0.4) is 0 Å². The van der Waals surface area contributed by atoms with Crippen molar-refractivity contribution in [1.29, 1.82) is 0 Å². The molecule has 0 aliphatic carbocycles. The first-order valence-corrected chi connectivity index (χ1v) is 10.8. The Labute approximate surface area is 197 Å². The van der Waals surface area contributed by atoms with Crippen LogP contribution in [0.15, 0.2) is 78.9 Å². The first-order valence-electron chi connectivity index (χ1n) is 10.8. The average molecular weight is 460 g/mol. The molecule has 0 radical (unpaired) electrons. The number of para-hydroxylation sites is 1. The topological polar surface area (TPSA) is 88.2 Å². The third-order valence-electron chi connectivity index (χ3n) is 5.63. The number of nitrogens with zero attached hydrogens (tertiary/aromatic N) is 2. The molecule has 4 amide bonds. The zero-order chi connectivity index (χ0) is 24.1. The first-order chi connectivity index (χ1) is 16.5. The van der Waals surface area contributed by atoms with Crippen LogP contribution in [0.4, 0.5) is 16.2 Å². The molecule has 0 spiro atoms. The monoisotopic (exact) mass is 459 g/mol. The Morgan fingerprint density at radius 3 is 2.09 bits per heavy atom. The van der Waals surface area contributed by atoms with E-state index >= 15 is 0 Å². The normalized spacial score (nSPS) is 15.2. The molecule has 1 unspecified atom stereocenters. The molecule has 34 heavy (non-hydrogen) atoms. The minimum Gasteiger partial charge on any atom is -0.497 e. The summed E-state index contributed by atoms with van der Waals surface area (Å²) < 4.78 is 10.4. The predicted molar refractivity (Wildman–Crippen MR) is 128 cm³/mol. The Bertz CT molecular complexity index is 1160. The van der Waals surface area contributed by atoms with Crippen molar-refractivity contribution in [2.45, 2.75) is 19.0 Å². The molecule has 8 heteroatoms. The number of amides is 4. The molecule has 4 rings (SSSR count). The highest BCUT2D eigenvalue weighted by atomic mass is 16.5. The molecule has 1 N–H and O–H groups in total. The number of carbonyl (C=O) groups is 3. The molecule has 174 valence electrons. The van der Waals surface area contributed by atoms with Gasteiger partial charge in [0.1, 0.15) is 17.5 Å². The Morgan fingerprint density at radius 1 is 0.912 bits per heavy atom. The van der Waals surface area contributed by atoms with Crippen molar-refractivity contribution in [3.8, 4) is 11.5 Å². The molecule has 1 aliphatic rings. The number of carbonyl (C=O) groups excluding carboxylic acids is 3. The SMILES string of the molecule is COc1ccc(CN(C(=O)Nc2ccccc2)C2CC(=O)N(c3ccc(OC)cc3)C2=O)cc1. The van der Waals surface area contributed by atoms with E-state index in [4.69, 9.17) is 9.47 Å². The second-order valence-electron chi connectivity index (χ2n) is 7.76. The molecular formula is C26H25N3O5. The minimum atomic E-state index is -0.944. The van der Waals surface area contributed by atoms with Gasteiger partial charge >= 0.3 is 6.03 Å². The Balaban J connectivity index is 1.61. The van der Waals surface area contributed by atoms with Gasteiger partial charge in [0, 0.05) is 12.2 Å². The van der Waals surface area contributed by atoms with Crippen molar-refractivity contribution in [3.05, 3.63) is 84.4 Å². The fraction of sp³-hybridized carbons (Fsp3) is 0.192. The van der Waals surface area contributed by atoms with Crippen LogP contribution < -0.4 is 19.7 Å².